The number of hydrogen-bond acceptors (Lipinski definition) is 3. The lowest BCUT2D eigenvalue weighted by Gasteiger charge is -2.13. The number of hydrogen-bond donors (Lipinski definition) is 2. The topological polar surface area (TPSA) is 75.3 Å². The van der Waals surface area contributed by atoms with Crippen molar-refractivity contribution in [1.82, 2.24) is 0 Å². The molecule has 2 N–H and O–H groups in total. The van der Waals surface area contributed by atoms with E-state index in [0.717, 1.165) is 17.2 Å². The van der Waals surface area contributed by atoms with Crippen LogP contribution in [-0.4, -0.2) is 14.3 Å². The minimum atomic E-state index is -4.09. The van der Waals surface area contributed by atoms with Crippen molar-refractivity contribution >= 4 is 27.3 Å². The zero-order chi connectivity index (χ0) is 22.6. The van der Waals surface area contributed by atoms with Crippen molar-refractivity contribution < 1.29 is 17.6 Å². The van der Waals surface area contributed by atoms with Gasteiger partial charge in [0, 0.05) is 16.8 Å². The van der Waals surface area contributed by atoms with E-state index in [1.54, 1.807) is 12.1 Å². The van der Waals surface area contributed by atoms with Crippen LogP contribution in [0.2, 0.25) is 0 Å². The van der Waals surface area contributed by atoms with E-state index in [-0.39, 0.29) is 16.1 Å². The van der Waals surface area contributed by atoms with Crippen LogP contribution in [0.4, 0.5) is 15.8 Å². The fourth-order valence-corrected chi connectivity index (χ4v) is 4.32. The smallest absolute Gasteiger partial charge is 0.262 e. The van der Waals surface area contributed by atoms with E-state index in [0.29, 0.717) is 5.69 Å². The maximum absolute atomic E-state index is 13.9. The van der Waals surface area contributed by atoms with Crippen LogP contribution in [0.15, 0.2) is 108 Å². The number of halogens is 1. The standard InChI is InChI=1S/C25H19FN2O3S/c26-22-14-5-7-16-24(22)28-32(30,31)20-12-8-11-19(17-20)25(29)27-23-15-6-4-13-21(23)18-9-2-1-3-10-18/h1-17,28H,(H,27,29). The molecule has 4 aromatic rings. The lowest BCUT2D eigenvalue weighted by molar-refractivity contribution is 0.102. The Labute approximate surface area is 185 Å². The van der Waals surface area contributed by atoms with Crippen LogP contribution in [0.5, 0.6) is 0 Å². The van der Waals surface area contributed by atoms with Gasteiger partial charge in [0.15, 0.2) is 0 Å². The normalized spacial score (nSPS) is 11.0. The first-order valence-electron chi connectivity index (χ1n) is 9.77. The molecule has 0 spiro atoms. The molecule has 0 fully saturated rings. The van der Waals surface area contributed by atoms with Crippen molar-refractivity contribution in [3.05, 3.63) is 115 Å². The molecular formula is C25H19FN2O3S. The minimum Gasteiger partial charge on any atom is -0.321 e. The monoisotopic (exact) mass is 446 g/mol. The summed E-state index contributed by atoms with van der Waals surface area (Å²) in [5, 5.41) is 2.85. The van der Waals surface area contributed by atoms with E-state index in [2.05, 4.69) is 10.0 Å². The average Bonchev–Trinajstić information content (AvgIpc) is 2.81. The Kier molecular flexibility index (Phi) is 6.00. The van der Waals surface area contributed by atoms with Gasteiger partial charge in [0.2, 0.25) is 0 Å². The van der Waals surface area contributed by atoms with Gasteiger partial charge in [-0.25, -0.2) is 12.8 Å². The summed E-state index contributed by atoms with van der Waals surface area (Å²) in [6, 6.07) is 28.0. The van der Waals surface area contributed by atoms with Crippen LogP contribution in [0.3, 0.4) is 0 Å². The van der Waals surface area contributed by atoms with Crippen LogP contribution >= 0.6 is 0 Å². The zero-order valence-electron chi connectivity index (χ0n) is 16.8. The molecule has 160 valence electrons. The van der Waals surface area contributed by atoms with E-state index >= 15 is 0 Å². The maximum atomic E-state index is 13.9. The molecule has 4 aromatic carbocycles. The van der Waals surface area contributed by atoms with E-state index in [4.69, 9.17) is 0 Å². The van der Waals surface area contributed by atoms with Crippen LogP contribution in [0, 0.1) is 5.82 Å². The molecule has 5 nitrogen and oxygen atoms in total. The van der Waals surface area contributed by atoms with Crippen LogP contribution in [0.25, 0.3) is 11.1 Å². The second kappa shape index (κ2) is 9.03. The van der Waals surface area contributed by atoms with Crippen LogP contribution in [0.1, 0.15) is 10.4 Å². The van der Waals surface area contributed by atoms with Gasteiger partial charge in [-0.05, 0) is 42.0 Å². The largest absolute Gasteiger partial charge is 0.321 e. The first-order valence-corrected chi connectivity index (χ1v) is 11.3. The molecule has 0 aromatic heterocycles. The second-order valence-electron chi connectivity index (χ2n) is 6.98. The number of benzene rings is 4. The van der Waals surface area contributed by atoms with E-state index in [9.17, 15) is 17.6 Å². The molecule has 1 amide bonds. The molecule has 0 heterocycles. The number of sulfonamides is 1. The van der Waals surface area contributed by atoms with Gasteiger partial charge >= 0.3 is 0 Å². The Morgan fingerprint density at radius 3 is 2.12 bits per heavy atom. The van der Waals surface area contributed by atoms with Gasteiger partial charge in [-0.3, -0.25) is 9.52 Å². The predicted octanol–water partition coefficient (Wildman–Crippen LogP) is 5.55. The van der Waals surface area contributed by atoms with E-state index in [1.165, 1.54) is 42.5 Å². The summed E-state index contributed by atoms with van der Waals surface area (Å²) in [7, 11) is -4.09. The molecule has 32 heavy (non-hydrogen) atoms. The summed E-state index contributed by atoms with van der Waals surface area (Å²) in [5.74, 6) is -1.15. The molecule has 0 aliphatic rings. The lowest BCUT2D eigenvalue weighted by atomic mass is 10.0. The molecule has 0 atom stereocenters. The summed E-state index contributed by atoms with van der Waals surface area (Å²) in [6.45, 7) is 0. The first-order chi connectivity index (χ1) is 15.4. The van der Waals surface area contributed by atoms with Crippen molar-refractivity contribution in [3.8, 4) is 11.1 Å². The Balaban J connectivity index is 1.60. The average molecular weight is 447 g/mol. The molecule has 0 saturated carbocycles. The number of para-hydroxylation sites is 2. The van der Waals surface area contributed by atoms with Gasteiger partial charge in [0.25, 0.3) is 15.9 Å². The summed E-state index contributed by atoms with van der Waals surface area (Å²) >= 11 is 0. The van der Waals surface area contributed by atoms with Crippen LogP contribution in [-0.2, 0) is 10.0 Å². The van der Waals surface area contributed by atoms with Crippen LogP contribution < -0.4 is 10.0 Å². The highest BCUT2D eigenvalue weighted by Gasteiger charge is 2.18. The highest BCUT2D eigenvalue weighted by Crippen LogP contribution is 2.28. The Hall–Kier alpha value is -3.97. The molecule has 0 saturated heterocycles. The van der Waals surface area contributed by atoms with Gasteiger partial charge in [0.05, 0.1) is 10.6 Å². The van der Waals surface area contributed by atoms with Crippen molar-refractivity contribution in [3.63, 3.8) is 0 Å². The molecule has 0 aliphatic heterocycles. The first kappa shape index (κ1) is 21.3. The number of amides is 1. The molecule has 0 unspecified atom stereocenters. The third-order valence-corrected chi connectivity index (χ3v) is 6.15. The third kappa shape index (κ3) is 4.68. The summed E-state index contributed by atoms with van der Waals surface area (Å²) in [5.41, 5.74) is 2.37. The SMILES string of the molecule is O=C(Nc1ccccc1-c1ccccc1)c1cccc(S(=O)(=O)Nc2ccccc2F)c1. The molecule has 0 radical (unpaired) electrons. The fourth-order valence-electron chi connectivity index (χ4n) is 3.21. The second-order valence-corrected chi connectivity index (χ2v) is 8.66. The van der Waals surface area contributed by atoms with E-state index < -0.39 is 21.7 Å². The Morgan fingerprint density at radius 2 is 1.38 bits per heavy atom. The number of carbonyl (C=O) groups is 1. The van der Waals surface area contributed by atoms with Gasteiger partial charge < -0.3 is 5.32 Å². The van der Waals surface area contributed by atoms with Crippen molar-refractivity contribution in [2.45, 2.75) is 4.90 Å². The molecule has 7 heteroatoms. The summed E-state index contributed by atoms with van der Waals surface area (Å²) < 4.78 is 41.5. The Morgan fingerprint density at radius 1 is 0.719 bits per heavy atom. The number of anilines is 2. The molecule has 0 bridgehead atoms. The number of carbonyl (C=O) groups excluding carboxylic acids is 1. The number of nitrogens with one attached hydrogen (secondary N) is 2. The van der Waals surface area contributed by atoms with Crippen molar-refractivity contribution in [2.75, 3.05) is 10.0 Å². The van der Waals surface area contributed by atoms with Gasteiger partial charge in [-0.2, -0.15) is 0 Å². The maximum Gasteiger partial charge on any atom is 0.262 e. The highest BCUT2D eigenvalue weighted by molar-refractivity contribution is 7.92. The summed E-state index contributed by atoms with van der Waals surface area (Å²) in [4.78, 5) is 12.8. The van der Waals surface area contributed by atoms with Crippen molar-refractivity contribution in [2.24, 2.45) is 0 Å². The molecule has 0 aliphatic carbocycles. The third-order valence-electron chi connectivity index (χ3n) is 4.78. The lowest BCUT2D eigenvalue weighted by Crippen LogP contribution is -2.16. The number of rotatable bonds is 6. The predicted molar refractivity (Wildman–Crippen MR) is 123 cm³/mol. The molecule has 4 rings (SSSR count). The quantitative estimate of drug-likeness (QED) is 0.408. The minimum absolute atomic E-state index is 0.148. The van der Waals surface area contributed by atoms with E-state index in [1.807, 2.05) is 42.5 Å². The fraction of sp³-hybridized carbons (Fsp3) is 0. The van der Waals surface area contributed by atoms with Gasteiger partial charge in [-0.15, -0.1) is 0 Å². The summed E-state index contributed by atoms with van der Waals surface area (Å²) in [6.07, 6.45) is 0. The van der Waals surface area contributed by atoms with Gasteiger partial charge in [-0.1, -0.05) is 66.7 Å². The van der Waals surface area contributed by atoms with Gasteiger partial charge in [0.1, 0.15) is 5.82 Å². The zero-order valence-corrected chi connectivity index (χ0v) is 17.6. The Bertz CT molecular complexity index is 1370. The highest BCUT2D eigenvalue weighted by atomic mass is 32.2. The van der Waals surface area contributed by atoms with Crippen molar-refractivity contribution in [1.29, 1.82) is 0 Å². The molecular weight excluding hydrogens is 427 g/mol.